The summed E-state index contributed by atoms with van der Waals surface area (Å²) in [7, 11) is 0. The van der Waals surface area contributed by atoms with E-state index in [9.17, 15) is 4.79 Å². The monoisotopic (exact) mass is 371 g/mol. The van der Waals surface area contributed by atoms with Crippen molar-refractivity contribution in [1.29, 1.82) is 0 Å². The number of anilines is 1. The summed E-state index contributed by atoms with van der Waals surface area (Å²) < 4.78 is 0. The van der Waals surface area contributed by atoms with Crippen molar-refractivity contribution in [3.8, 4) is 0 Å². The van der Waals surface area contributed by atoms with Crippen LogP contribution in [0.25, 0.3) is 0 Å². The Labute approximate surface area is 165 Å². The molecule has 2 aliphatic heterocycles. The second kappa shape index (κ2) is 9.20. The summed E-state index contributed by atoms with van der Waals surface area (Å²) in [6, 6.07) is 7.06. The fraction of sp³-hybridized carbons (Fsp3) is 0.696. The van der Waals surface area contributed by atoms with E-state index in [1.165, 1.54) is 49.9 Å². The number of nitrogens with zero attached hydrogens (tertiary/aromatic N) is 2. The van der Waals surface area contributed by atoms with E-state index in [1.54, 1.807) is 0 Å². The van der Waals surface area contributed by atoms with Gasteiger partial charge in [-0.2, -0.15) is 0 Å². The van der Waals surface area contributed by atoms with Crippen molar-refractivity contribution in [2.24, 2.45) is 0 Å². The molecule has 1 aromatic rings. The molecule has 1 atom stereocenters. The first-order valence-corrected chi connectivity index (χ1v) is 10.8. The average Bonchev–Trinajstić information content (AvgIpc) is 3.16. The standard InChI is InChI=1S/C23H37N3O/c1-17(2)20-10-7-11-21(18(3)4)23(20)24-22(27)16-25-12-8-9-19(15-25)26-13-5-6-14-26/h7,10-11,17-19H,5-6,8-9,12-16H2,1-4H3,(H,24,27). The van der Waals surface area contributed by atoms with Crippen molar-refractivity contribution in [3.05, 3.63) is 29.3 Å². The molecule has 150 valence electrons. The Morgan fingerprint density at radius 1 is 1.04 bits per heavy atom. The van der Waals surface area contributed by atoms with Gasteiger partial charge in [0.15, 0.2) is 0 Å². The number of carbonyl (C=O) groups is 1. The number of amides is 1. The van der Waals surface area contributed by atoms with Crippen molar-refractivity contribution in [2.45, 2.75) is 71.3 Å². The topological polar surface area (TPSA) is 35.6 Å². The lowest BCUT2D eigenvalue weighted by molar-refractivity contribution is -0.117. The van der Waals surface area contributed by atoms with Gasteiger partial charge in [0.1, 0.15) is 0 Å². The Morgan fingerprint density at radius 2 is 1.67 bits per heavy atom. The molecule has 0 aromatic heterocycles. The predicted octanol–water partition coefficient (Wildman–Crippen LogP) is 4.43. The van der Waals surface area contributed by atoms with E-state index < -0.39 is 0 Å². The first-order valence-electron chi connectivity index (χ1n) is 10.8. The van der Waals surface area contributed by atoms with Crippen molar-refractivity contribution < 1.29 is 4.79 Å². The number of para-hydroxylation sites is 1. The second-order valence-electron chi connectivity index (χ2n) is 8.94. The van der Waals surface area contributed by atoms with Crippen LogP contribution in [0, 0.1) is 0 Å². The van der Waals surface area contributed by atoms with Crippen LogP contribution < -0.4 is 5.32 Å². The molecule has 1 amide bonds. The van der Waals surface area contributed by atoms with Crippen LogP contribution in [-0.4, -0.2) is 54.5 Å². The Morgan fingerprint density at radius 3 is 2.26 bits per heavy atom. The van der Waals surface area contributed by atoms with E-state index in [4.69, 9.17) is 0 Å². The highest BCUT2D eigenvalue weighted by molar-refractivity contribution is 5.94. The van der Waals surface area contributed by atoms with Gasteiger partial charge in [-0.3, -0.25) is 14.6 Å². The molecule has 0 spiro atoms. The Hall–Kier alpha value is -1.39. The van der Waals surface area contributed by atoms with Gasteiger partial charge in [-0.1, -0.05) is 45.9 Å². The SMILES string of the molecule is CC(C)c1cccc(C(C)C)c1NC(=O)CN1CCCC(N2CCCC2)C1. The number of rotatable bonds is 6. The largest absolute Gasteiger partial charge is 0.324 e. The lowest BCUT2D eigenvalue weighted by atomic mass is 9.92. The maximum absolute atomic E-state index is 12.9. The summed E-state index contributed by atoms with van der Waals surface area (Å²) in [6.45, 7) is 13.8. The van der Waals surface area contributed by atoms with Crippen molar-refractivity contribution in [3.63, 3.8) is 0 Å². The molecule has 3 rings (SSSR count). The quantitative estimate of drug-likeness (QED) is 0.803. The smallest absolute Gasteiger partial charge is 0.238 e. The maximum atomic E-state index is 12.9. The molecule has 0 aliphatic carbocycles. The maximum Gasteiger partial charge on any atom is 0.238 e. The van der Waals surface area contributed by atoms with Gasteiger partial charge in [0.2, 0.25) is 5.91 Å². The summed E-state index contributed by atoms with van der Waals surface area (Å²) in [6.07, 6.45) is 5.15. The fourth-order valence-corrected chi connectivity index (χ4v) is 4.66. The molecule has 2 fully saturated rings. The zero-order valence-corrected chi connectivity index (χ0v) is 17.6. The molecule has 1 aromatic carbocycles. The Kier molecular flexibility index (Phi) is 6.93. The third-order valence-corrected chi connectivity index (χ3v) is 6.14. The highest BCUT2D eigenvalue weighted by atomic mass is 16.2. The average molecular weight is 372 g/mol. The van der Waals surface area contributed by atoms with Gasteiger partial charge in [-0.15, -0.1) is 0 Å². The normalized spacial score (nSPS) is 21.9. The van der Waals surface area contributed by atoms with Gasteiger partial charge in [-0.25, -0.2) is 0 Å². The van der Waals surface area contributed by atoms with E-state index in [1.807, 2.05) is 0 Å². The van der Waals surface area contributed by atoms with Crippen LogP contribution in [0.15, 0.2) is 18.2 Å². The lowest BCUT2D eigenvalue weighted by Gasteiger charge is -2.37. The Balaban J connectivity index is 1.65. The molecule has 1 N–H and O–H groups in total. The van der Waals surface area contributed by atoms with E-state index in [0.29, 0.717) is 24.4 Å². The van der Waals surface area contributed by atoms with Crippen LogP contribution in [0.2, 0.25) is 0 Å². The third-order valence-electron chi connectivity index (χ3n) is 6.14. The minimum atomic E-state index is 0.132. The molecule has 0 saturated carbocycles. The number of hydrogen-bond acceptors (Lipinski definition) is 3. The van der Waals surface area contributed by atoms with Crippen molar-refractivity contribution >= 4 is 11.6 Å². The summed E-state index contributed by atoms with van der Waals surface area (Å²) in [5, 5.41) is 3.28. The molecule has 2 heterocycles. The van der Waals surface area contributed by atoms with Crippen LogP contribution in [0.5, 0.6) is 0 Å². The van der Waals surface area contributed by atoms with Gasteiger partial charge in [0, 0.05) is 18.3 Å². The van der Waals surface area contributed by atoms with Crippen LogP contribution >= 0.6 is 0 Å². The van der Waals surface area contributed by atoms with Crippen LogP contribution in [0.4, 0.5) is 5.69 Å². The van der Waals surface area contributed by atoms with E-state index in [-0.39, 0.29) is 5.91 Å². The van der Waals surface area contributed by atoms with E-state index in [0.717, 1.165) is 18.8 Å². The number of likely N-dealkylation sites (tertiary alicyclic amines) is 2. The van der Waals surface area contributed by atoms with E-state index in [2.05, 4.69) is 61.0 Å². The first-order chi connectivity index (χ1) is 13.0. The van der Waals surface area contributed by atoms with Crippen molar-refractivity contribution in [2.75, 3.05) is 38.0 Å². The summed E-state index contributed by atoms with van der Waals surface area (Å²) in [5.74, 6) is 0.925. The summed E-state index contributed by atoms with van der Waals surface area (Å²) in [4.78, 5) is 17.9. The number of benzene rings is 1. The third kappa shape index (κ3) is 5.11. The molecule has 4 nitrogen and oxygen atoms in total. The van der Waals surface area contributed by atoms with Crippen LogP contribution in [-0.2, 0) is 4.79 Å². The second-order valence-corrected chi connectivity index (χ2v) is 8.94. The van der Waals surface area contributed by atoms with E-state index >= 15 is 0 Å². The molecular formula is C23H37N3O. The minimum absolute atomic E-state index is 0.132. The molecular weight excluding hydrogens is 334 g/mol. The van der Waals surface area contributed by atoms with Gasteiger partial charge >= 0.3 is 0 Å². The molecule has 0 bridgehead atoms. The highest BCUT2D eigenvalue weighted by Crippen LogP contribution is 2.32. The molecule has 0 radical (unpaired) electrons. The van der Waals surface area contributed by atoms with Crippen LogP contribution in [0.3, 0.4) is 0 Å². The molecule has 4 heteroatoms. The molecule has 2 saturated heterocycles. The highest BCUT2D eigenvalue weighted by Gasteiger charge is 2.28. The fourth-order valence-electron chi connectivity index (χ4n) is 4.66. The molecule has 1 unspecified atom stereocenters. The van der Waals surface area contributed by atoms with Crippen molar-refractivity contribution in [1.82, 2.24) is 9.80 Å². The van der Waals surface area contributed by atoms with Gasteiger partial charge in [0.05, 0.1) is 6.54 Å². The summed E-state index contributed by atoms with van der Waals surface area (Å²) in [5.41, 5.74) is 3.52. The number of hydrogen-bond donors (Lipinski definition) is 1. The summed E-state index contributed by atoms with van der Waals surface area (Å²) >= 11 is 0. The van der Waals surface area contributed by atoms with Crippen LogP contribution in [0.1, 0.15) is 76.3 Å². The minimum Gasteiger partial charge on any atom is -0.324 e. The lowest BCUT2D eigenvalue weighted by Crippen LogP contribution is -2.48. The zero-order chi connectivity index (χ0) is 19.4. The zero-order valence-electron chi connectivity index (χ0n) is 17.6. The Bertz CT molecular complexity index is 608. The molecule has 27 heavy (non-hydrogen) atoms. The van der Waals surface area contributed by atoms with Gasteiger partial charge in [0.25, 0.3) is 0 Å². The predicted molar refractivity (Wildman–Crippen MR) is 114 cm³/mol. The number of nitrogens with one attached hydrogen (secondary N) is 1. The number of carbonyl (C=O) groups excluding carboxylic acids is 1. The van der Waals surface area contributed by atoms with Gasteiger partial charge in [-0.05, 0) is 68.3 Å². The first kappa shape index (κ1) is 20.3. The molecule has 2 aliphatic rings. The number of piperidine rings is 1. The van der Waals surface area contributed by atoms with Gasteiger partial charge < -0.3 is 5.32 Å².